The van der Waals surface area contributed by atoms with Crippen LogP contribution in [-0.4, -0.2) is 51.3 Å². The fourth-order valence-electron chi connectivity index (χ4n) is 2.83. The summed E-state index contributed by atoms with van der Waals surface area (Å²) in [6.45, 7) is 7.24. The first kappa shape index (κ1) is 15.1. The van der Waals surface area contributed by atoms with Gasteiger partial charge in [-0.1, -0.05) is 5.16 Å². The minimum absolute atomic E-state index is 0.425. The Labute approximate surface area is 139 Å². The Bertz CT molecular complexity index is 771. The second kappa shape index (κ2) is 6.58. The molecular weight excluding hydrogens is 310 g/mol. The van der Waals surface area contributed by atoms with Gasteiger partial charge in [-0.3, -0.25) is 9.80 Å². The SMILES string of the molecule is Cc1cc(CN2CCN(Cc3nnc(-c4ccco4)o3)CC2)on1. The Balaban J connectivity index is 1.29. The fraction of sp³-hybridized carbons (Fsp3) is 0.438. The maximum Gasteiger partial charge on any atom is 0.283 e. The van der Waals surface area contributed by atoms with E-state index in [1.165, 1.54) is 0 Å². The topological polar surface area (TPSA) is 84.6 Å². The summed E-state index contributed by atoms with van der Waals surface area (Å²) in [5.41, 5.74) is 0.924. The number of nitrogens with zero attached hydrogens (tertiary/aromatic N) is 5. The van der Waals surface area contributed by atoms with Crippen molar-refractivity contribution in [3.63, 3.8) is 0 Å². The monoisotopic (exact) mass is 329 g/mol. The highest BCUT2D eigenvalue weighted by Gasteiger charge is 2.20. The maximum atomic E-state index is 5.66. The number of hydrogen-bond acceptors (Lipinski definition) is 8. The highest BCUT2D eigenvalue weighted by Crippen LogP contribution is 2.19. The molecule has 0 spiro atoms. The van der Waals surface area contributed by atoms with Crippen LogP contribution in [0.4, 0.5) is 0 Å². The molecule has 3 aromatic heterocycles. The zero-order valence-corrected chi connectivity index (χ0v) is 13.5. The van der Waals surface area contributed by atoms with Gasteiger partial charge in [-0.25, -0.2) is 0 Å². The zero-order chi connectivity index (χ0) is 16.4. The van der Waals surface area contributed by atoms with Crippen LogP contribution in [0.1, 0.15) is 17.3 Å². The quantitative estimate of drug-likeness (QED) is 0.702. The van der Waals surface area contributed by atoms with Crippen molar-refractivity contribution in [3.8, 4) is 11.7 Å². The normalized spacial score (nSPS) is 16.7. The summed E-state index contributed by atoms with van der Waals surface area (Å²) in [5, 5.41) is 12.1. The van der Waals surface area contributed by atoms with E-state index in [0.29, 0.717) is 24.1 Å². The Hall–Kier alpha value is -2.45. The maximum absolute atomic E-state index is 5.66. The largest absolute Gasteiger partial charge is 0.459 e. The van der Waals surface area contributed by atoms with Crippen LogP contribution in [-0.2, 0) is 13.1 Å². The van der Waals surface area contributed by atoms with Crippen LogP contribution in [0.25, 0.3) is 11.7 Å². The van der Waals surface area contributed by atoms with E-state index in [1.807, 2.05) is 13.0 Å². The van der Waals surface area contributed by atoms with Crippen molar-refractivity contribution in [2.45, 2.75) is 20.0 Å². The molecule has 0 unspecified atom stereocenters. The van der Waals surface area contributed by atoms with Gasteiger partial charge in [0.1, 0.15) is 0 Å². The van der Waals surface area contributed by atoms with Crippen LogP contribution in [0, 0.1) is 6.92 Å². The van der Waals surface area contributed by atoms with Crippen LogP contribution in [0.5, 0.6) is 0 Å². The molecule has 24 heavy (non-hydrogen) atoms. The van der Waals surface area contributed by atoms with E-state index in [4.69, 9.17) is 13.4 Å². The third kappa shape index (κ3) is 3.39. The molecule has 8 nitrogen and oxygen atoms in total. The van der Waals surface area contributed by atoms with E-state index in [-0.39, 0.29) is 0 Å². The molecule has 1 aliphatic heterocycles. The average Bonchev–Trinajstić information content (AvgIpc) is 3.31. The summed E-state index contributed by atoms with van der Waals surface area (Å²) in [6, 6.07) is 5.59. The van der Waals surface area contributed by atoms with Crippen molar-refractivity contribution < 1.29 is 13.4 Å². The first-order valence-corrected chi connectivity index (χ1v) is 7.99. The van der Waals surface area contributed by atoms with Gasteiger partial charge in [0.05, 0.1) is 25.0 Å². The predicted octanol–water partition coefficient (Wildman–Crippen LogP) is 1.94. The number of aromatic nitrogens is 3. The van der Waals surface area contributed by atoms with Crippen molar-refractivity contribution in [3.05, 3.63) is 41.8 Å². The molecule has 0 radical (unpaired) electrons. The molecule has 0 amide bonds. The first-order chi connectivity index (χ1) is 11.8. The average molecular weight is 329 g/mol. The van der Waals surface area contributed by atoms with Gasteiger partial charge < -0.3 is 13.4 Å². The molecule has 3 aromatic rings. The zero-order valence-electron chi connectivity index (χ0n) is 13.5. The molecule has 0 N–H and O–H groups in total. The highest BCUT2D eigenvalue weighted by atomic mass is 16.5. The molecule has 0 atom stereocenters. The summed E-state index contributed by atoms with van der Waals surface area (Å²) < 4.78 is 16.2. The Morgan fingerprint density at radius 1 is 1.08 bits per heavy atom. The van der Waals surface area contributed by atoms with E-state index < -0.39 is 0 Å². The van der Waals surface area contributed by atoms with Gasteiger partial charge in [0.25, 0.3) is 5.89 Å². The number of aryl methyl sites for hydroxylation is 1. The molecular formula is C16H19N5O3. The van der Waals surface area contributed by atoms with Crippen molar-refractivity contribution in [1.82, 2.24) is 25.2 Å². The number of hydrogen-bond donors (Lipinski definition) is 0. The molecule has 0 aromatic carbocycles. The van der Waals surface area contributed by atoms with Gasteiger partial charge in [0.15, 0.2) is 11.5 Å². The van der Waals surface area contributed by atoms with Gasteiger partial charge in [-0.05, 0) is 19.1 Å². The first-order valence-electron chi connectivity index (χ1n) is 7.99. The highest BCUT2D eigenvalue weighted by molar-refractivity contribution is 5.42. The van der Waals surface area contributed by atoms with Crippen molar-refractivity contribution in [2.24, 2.45) is 0 Å². The van der Waals surface area contributed by atoms with Gasteiger partial charge in [-0.15, -0.1) is 10.2 Å². The van der Waals surface area contributed by atoms with E-state index in [2.05, 4.69) is 25.2 Å². The molecule has 0 aliphatic carbocycles. The molecule has 0 saturated carbocycles. The summed E-state index contributed by atoms with van der Waals surface area (Å²) in [7, 11) is 0. The van der Waals surface area contributed by atoms with Crippen LogP contribution in [0.3, 0.4) is 0 Å². The van der Waals surface area contributed by atoms with Crippen molar-refractivity contribution in [1.29, 1.82) is 0 Å². The molecule has 126 valence electrons. The van der Waals surface area contributed by atoms with Gasteiger partial charge >= 0.3 is 0 Å². The number of piperazine rings is 1. The lowest BCUT2D eigenvalue weighted by atomic mass is 10.3. The molecule has 8 heteroatoms. The lowest BCUT2D eigenvalue weighted by Gasteiger charge is -2.33. The standard InChI is InChI=1S/C16H19N5O3/c1-12-9-13(24-19-12)10-20-4-6-21(7-5-20)11-15-17-18-16(23-15)14-3-2-8-22-14/h2-3,8-9H,4-7,10-11H2,1H3. The smallest absolute Gasteiger partial charge is 0.283 e. The molecule has 1 aliphatic rings. The minimum atomic E-state index is 0.425. The molecule has 4 rings (SSSR count). The third-order valence-electron chi connectivity index (χ3n) is 4.08. The Kier molecular flexibility index (Phi) is 4.14. The number of rotatable bonds is 5. The minimum Gasteiger partial charge on any atom is -0.459 e. The number of furan rings is 1. The third-order valence-corrected chi connectivity index (χ3v) is 4.08. The van der Waals surface area contributed by atoms with E-state index >= 15 is 0 Å². The lowest BCUT2D eigenvalue weighted by molar-refractivity contribution is 0.107. The Morgan fingerprint density at radius 3 is 2.54 bits per heavy atom. The van der Waals surface area contributed by atoms with Crippen LogP contribution in [0.2, 0.25) is 0 Å². The molecule has 1 fully saturated rings. The van der Waals surface area contributed by atoms with Gasteiger partial charge in [0, 0.05) is 32.2 Å². The van der Waals surface area contributed by atoms with E-state index in [9.17, 15) is 0 Å². The fourth-order valence-corrected chi connectivity index (χ4v) is 2.83. The van der Waals surface area contributed by atoms with Crippen LogP contribution >= 0.6 is 0 Å². The molecule has 0 bridgehead atoms. The predicted molar refractivity (Wildman–Crippen MR) is 83.8 cm³/mol. The van der Waals surface area contributed by atoms with Crippen molar-refractivity contribution >= 4 is 0 Å². The van der Waals surface area contributed by atoms with Crippen molar-refractivity contribution in [2.75, 3.05) is 26.2 Å². The lowest BCUT2D eigenvalue weighted by Crippen LogP contribution is -2.45. The van der Waals surface area contributed by atoms with Crippen LogP contribution < -0.4 is 0 Å². The summed E-state index contributed by atoms with van der Waals surface area (Å²) in [6.07, 6.45) is 1.59. The second-order valence-electron chi connectivity index (χ2n) is 5.97. The molecule has 4 heterocycles. The van der Waals surface area contributed by atoms with E-state index in [0.717, 1.165) is 44.2 Å². The van der Waals surface area contributed by atoms with E-state index in [1.54, 1.807) is 18.4 Å². The Morgan fingerprint density at radius 2 is 1.88 bits per heavy atom. The van der Waals surface area contributed by atoms with Gasteiger partial charge in [-0.2, -0.15) is 0 Å². The summed E-state index contributed by atoms with van der Waals surface area (Å²) >= 11 is 0. The summed E-state index contributed by atoms with van der Waals surface area (Å²) in [4.78, 5) is 4.67. The second-order valence-corrected chi connectivity index (χ2v) is 5.97. The molecule has 1 saturated heterocycles. The summed E-state index contributed by atoms with van der Waals surface area (Å²) in [5.74, 6) is 2.55. The van der Waals surface area contributed by atoms with Gasteiger partial charge in [0.2, 0.25) is 5.89 Å². The van der Waals surface area contributed by atoms with Crippen LogP contribution in [0.15, 0.2) is 37.8 Å².